The number of hydrogen-bond donors (Lipinski definition) is 1. The van der Waals surface area contributed by atoms with Gasteiger partial charge in [-0.05, 0) is 42.7 Å². The molecular weight excluding hydrogens is 326 g/mol. The van der Waals surface area contributed by atoms with E-state index >= 15 is 0 Å². The fourth-order valence-corrected chi connectivity index (χ4v) is 3.40. The van der Waals surface area contributed by atoms with Crippen LogP contribution in [0.1, 0.15) is 36.6 Å². The number of ketones is 1. The molecule has 4 nitrogen and oxygen atoms in total. The van der Waals surface area contributed by atoms with E-state index in [-0.39, 0.29) is 17.3 Å². The first-order valence-electron chi connectivity index (χ1n) is 8.76. The fraction of sp³-hybridized carbons (Fsp3) is 0.273. The molecule has 1 aliphatic heterocycles. The summed E-state index contributed by atoms with van der Waals surface area (Å²) in [5.41, 5.74) is 3.66. The molecule has 0 radical (unpaired) electrons. The standard InChI is InChI=1S/C22H23NO3/c1-13(2)20(24)18-19(17-11-6-5-9-15(17)4)23(22(26)21(18)25)16-10-7-8-14(3)12-16/h5-13,19,25H,1-4H3. The first kappa shape index (κ1) is 17.9. The van der Waals surface area contributed by atoms with Crippen molar-refractivity contribution >= 4 is 17.4 Å². The number of aliphatic hydroxyl groups excluding tert-OH is 1. The van der Waals surface area contributed by atoms with E-state index in [9.17, 15) is 14.7 Å². The highest BCUT2D eigenvalue weighted by Gasteiger charge is 2.45. The number of carbonyl (C=O) groups is 2. The molecule has 1 amide bonds. The van der Waals surface area contributed by atoms with Gasteiger partial charge in [-0.25, -0.2) is 0 Å². The fourth-order valence-electron chi connectivity index (χ4n) is 3.40. The largest absolute Gasteiger partial charge is 0.503 e. The number of aryl methyl sites for hydroxylation is 2. The Morgan fingerprint density at radius 2 is 1.77 bits per heavy atom. The Morgan fingerprint density at radius 1 is 1.08 bits per heavy atom. The molecule has 0 aromatic heterocycles. The second-order valence-corrected chi connectivity index (χ2v) is 7.05. The minimum atomic E-state index is -0.625. The zero-order valence-electron chi connectivity index (χ0n) is 15.5. The summed E-state index contributed by atoms with van der Waals surface area (Å²) < 4.78 is 0. The number of carbonyl (C=O) groups excluding carboxylic acids is 2. The van der Waals surface area contributed by atoms with Crippen molar-refractivity contribution in [2.45, 2.75) is 33.7 Å². The van der Waals surface area contributed by atoms with E-state index in [1.54, 1.807) is 13.8 Å². The number of rotatable bonds is 4. The Morgan fingerprint density at radius 3 is 2.38 bits per heavy atom. The summed E-state index contributed by atoms with van der Waals surface area (Å²) in [4.78, 5) is 27.3. The van der Waals surface area contributed by atoms with Crippen LogP contribution in [0.5, 0.6) is 0 Å². The Kier molecular flexibility index (Phi) is 4.68. The second kappa shape index (κ2) is 6.79. The summed E-state index contributed by atoms with van der Waals surface area (Å²) in [6.45, 7) is 7.44. The number of Topliss-reactive ketones (excluding diaryl/α,β-unsaturated/α-hetero) is 1. The van der Waals surface area contributed by atoms with Crippen LogP contribution < -0.4 is 4.90 Å². The highest BCUT2D eigenvalue weighted by atomic mass is 16.3. The summed E-state index contributed by atoms with van der Waals surface area (Å²) >= 11 is 0. The summed E-state index contributed by atoms with van der Waals surface area (Å²) in [6.07, 6.45) is 0. The van der Waals surface area contributed by atoms with Gasteiger partial charge in [0.05, 0.1) is 11.6 Å². The van der Waals surface area contributed by atoms with Gasteiger partial charge in [0.1, 0.15) is 0 Å². The van der Waals surface area contributed by atoms with Crippen molar-refractivity contribution in [3.05, 3.63) is 76.6 Å². The van der Waals surface area contributed by atoms with Crippen LogP contribution in [0, 0.1) is 19.8 Å². The lowest BCUT2D eigenvalue weighted by Crippen LogP contribution is -2.31. The zero-order chi connectivity index (χ0) is 19.0. The molecule has 1 N–H and O–H groups in total. The van der Waals surface area contributed by atoms with Crippen LogP contribution in [-0.4, -0.2) is 16.8 Å². The summed E-state index contributed by atoms with van der Waals surface area (Å²) in [6, 6.07) is 14.6. The van der Waals surface area contributed by atoms with E-state index in [1.165, 1.54) is 4.90 Å². The van der Waals surface area contributed by atoms with Crippen molar-refractivity contribution in [1.82, 2.24) is 0 Å². The van der Waals surface area contributed by atoms with Gasteiger partial charge in [-0.3, -0.25) is 14.5 Å². The van der Waals surface area contributed by atoms with Crippen LogP contribution in [0.25, 0.3) is 0 Å². The average Bonchev–Trinajstić information content (AvgIpc) is 2.86. The first-order valence-corrected chi connectivity index (χ1v) is 8.76. The third-order valence-electron chi connectivity index (χ3n) is 4.76. The predicted molar refractivity (Wildman–Crippen MR) is 102 cm³/mol. The van der Waals surface area contributed by atoms with Crippen LogP contribution >= 0.6 is 0 Å². The number of amides is 1. The molecule has 4 heteroatoms. The smallest absolute Gasteiger partial charge is 0.294 e. The van der Waals surface area contributed by atoms with Crippen molar-refractivity contribution in [2.24, 2.45) is 5.92 Å². The van der Waals surface area contributed by atoms with Gasteiger partial charge < -0.3 is 5.11 Å². The van der Waals surface area contributed by atoms with E-state index in [0.717, 1.165) is 16.7 Å². The molecule has 1 atom stereocenters. The topological polar surface area (TPSA) is 57.6 Å². The molecule has 0 saturated carbocycles. The van der Waals surface area contributed by atoms with Gasteiger partial charge in [-0.2, -0.15) is 0 Å². The maximum Gasteiger partial charge on any atom is 0.294 e. The van der Waals surface area contributed by atoms with Crippen molar-refractivity contribution in [2.75, 3.05) is 4.90 Å². The molecular formula is C22H23NO3. The Labute approximate surface area is 153 Å². The molecule has 2 aromatic carbocycles. The number of anilines is 1. The lowest BCUT2D eigenvalue weighted by molar-refractivity contribution is -0.119. The van der Waals surface area contributed by atoms with Crippen molar-refractivity contribution in [1.29, 1.82) is 0 Å². The molecule has 26 heavy (non-hydrogen) atoms. The normalized spacial score (nSPS) is 17.3. The zero-order valence-corrected chi connectivity index (χ0v) is 15.5. The van der Waals surface area contributed by atoms with Gasteiger partial charge in [0, 0.05) is 11.6 Å². The maximum absolute atomic E-state index is 12.9. The number of hydrogen-bond acceptors (Lipinski definition) is 3. The quantitative estimate of drug-likeness (QED) is 0.888. The lowest BCUT2D eigenvalue weighted by atomic mass is 9.89. The molecule has 1 unspecified atom stereocenters. The van der Waals surface area contributed by atoms with Crippen molar-refractivity contribution in [3.63, 3.8) is 0 Å². The van der Waals surface area contributed by atoms with Gasteiger partial charge in [-0.15, -0.1) is 0 Å². The number of nitrogens with zero attached hydrogens (tertiary/aromatic N) is 1. The third kappa shape index (κ3) is 2.92. The van der Waals surface area contributed by atoms with Crippen molar-refractivity contribution < 1.29 is 14.7 Å². The molecule has 0 bridgehead atoms. The van der Waals surface area contributed by atoms with Gasteiger partial charge in [0.2, 0.25) is 0 Å². The monoisotopic (exact) mass is 349 g/mol. The molecule has 1 heterocycles. The lowest BCUT2D eigenvalue weighted by Gasteiger charge is -2.28. The van der Waals surface area contributed by atoms with Gasteiger partial charge in [-0.1, -0.05) is 50.2 Å². The Hall–Kier alpha value is -2.88. The van der Waals surface area contributed by atoms with Gasteiger partial charge in [0.25, 0.3) is 5.91 Å². The van der Waals surface area contributed by atoms with Gasteiger partial charge >= 0.3 is 0 Å². The van der Waals surface area contributed by atoms with E-state index in [2.05, 4.69) is 0 Å². The van der Waals surface area contributed by atoms with E-state index in [0.29, 0.717) is 5.69 Å². The van der Waals surface area contributed by atoms with E-state index < -0.39 is 17.7 Å². The molecule has 1 aliphatic rings. The number of aliphatic hydroxyl groups is 1. The highest BCUT2D eigenvalue weighted by Crippen LogP contribution is 2.42. The second-order valence-electron chi connectivity index (χ2n) is 7.05. The Balaban J connectivity index is 2.23. The predicted octanol–water partition coefficient (Wildman–Crippen LogP) is 4.43. The minimum Gasteiger partial charge on any atom is -0.503 e. The SMILES string of the molecule is Cc1cccc(N2C(=O)C(O)=C(C(=O)C(C)C)C2c2ccccc2C)c1. The minimum absolute atomic E-state index is 0.181. The molecule has 0 fully saturated rings. The molecule has 134 valence electrons. The van der Waals surface area contributed by atoms with Crippen molar-refractivity contribution in [3.8, 4) is 0 Å². The molecule has 2 aromatic rings. The molecule has 0 saturated heterocycles. The van der Waals surface area contributed by atoms with Crippen LogP contribution in [0.3, 0.4) is 0 Å². The number of benzene rings is 2. The van der Waals surface area contributed by atoms with Gasteiger partial charge in [0.15, 0.2) is 11.5 Å². The highest BCUT2D eigenvalue weighted by molar-refractivity contribution is 6.16. The molecule has 3 rings (SSSR count). The summed E-state index contributed by atoms with van der Waals surface area (Å²) in [7, 11) is 0. The van der Waals surface area contributed by atoms with E-state index in [4.69, 9.17) is 0 Å². The van der Waals surface area contributed by atoms with Crippen LogP contribution in [0.4, 0.5) is 5.69 Å². The Bertz CT molecular complexity index is 911. The first-order chi connectivity index (χ1) is 12.3. The van der Waals surface area contributed by atoms with E-state index in [1.807, 2.05) is 62.4 Å². The maximum atomic E-state index is 12.9. The molecule has 0 spiro atoms. The van der Waals surface area contributed by atoms with Crippen LogP contribution in [0.2, 0.25) is 0 Å². The molecule has 0 aliphatic carbocycles. The van der Waals surface area contributed by atoms with Crippen LogP contribution in [-0.2, 0) is 9.59 Å². The summed E-state index contributed by atoms with van der Waals surface area (Å²) in [5.74, 6) is -1.51. The van der Waals surface area contributed by atoms with Crippen LogP contribution in [0.15, 0.2) is 59.9 Å². The average molecular weight is 349 g/mol. The third-order valence-corrected chi connectivity index (χ3v) is 4.76. The summed E-state index contributed by atoms with van der Waals surface area (Å²) in [5, 5.41) is 10.6.